The molecule has 1 atom stereocenters. The van der Waals surface area contributed by atoms with Crippen LogP contribution < -0.4 is 5.56 Å². The van der Waals surface area contributed by atoms with Crippen LogP contribution in [0.15, 0.2) is 41.8 Å². The largest absolute Gasteiger partial charge is 0.394 e. The number of rotatable bonds is 3. The van der Waals surface area contributed by atoms with Crippen molar-refractivity contribution in [3.8, 4) is 0 Å². The van der Waals surface area contributed by atoms with E-state index < -0.39 is 0 Å². The average Bonchev–Trinajstić information content (AvgIpc) is 2.10. The molecule has 0 bridgehead atoms. The predicted octanol–water partition coefficient (Wildman–Crippen LogP) is 0.568. The molecule has 0 fully saturated rings. The van der Waals surface area contributed by atoms with E-state index in [1.165, 1.54) is 10.6 Å². The highest BCUT2D eigenvalue weighted by Crippen LogP contribution is 2.01. The molecule has 1 aromatic heterocycles. The topological polar surface area (TPSA) is 42.2 Å². The summed E-state index contributed by atoms with van der Waals surface area (Å²) in [5, 5.41) is 8.87. The van der Waals surface area contributed by atoms with Crippen molar-refractivity contribution < 1.29 is 5.11 Å². The van der Waals surface area contributed by atoms with Crippen molar-refractivity contribution in [2.75, 3.05) is 6.61 Å². The fraction of sp³-hybridized carbons (Fsp3) is 0.222. The molecule has 0 amide bonds. The van der Waals surface area contributed by atoms with Crippen LogP contribution in [0.25, 0.3) is 0 Å². The Labute approximate surface area is 70.6 Å². The molecule has 0 unspecified atom stereocenters. The Balaban J connectivity index is 3.08. The van der Waals surface area contributed by atoms with Gasteiger partial charge in [-0.2, -0.15) is 0 Å². The van der Waals surface area contributed by atoms with E-state index in [2.05, 4.69) is 6.58 Å². The van der Waals surface area contributed by atoms with Crippen LogP contribution in [0.4, 0.5) is 0 Å². The minimum Gasteiger partial charge on any atom is -0.394 e. The third kappa shape index (κ3) is 1.62. The molecule has 0 aliphatic rings. The maximum absolute atomic E-state index is 11.2. The highest BCUT2D eigenvalue weighted by molar-refractivity contribution is 4.98. The molecule has 3 heteroatoms. The Morgan fingerprint density at radius 1 is 1.67 bits per heavy atom. The Bertz CT molecular complexity index is 316. The number of nitrogens with zero attached hydrogens (tertiary/aromatic N) is 1. The van der Waals surface area contributed by atoms with Crippen LogP contribution in [-0.4, -0.2) is 16.3 Å². The second kappa shape index (κ2) is 3.88. The zero-order chi connectivity index (χ0) is 8.97. The van der Waals surface area contributed by atoms with Crippen LogP contribution in [0.3, 0.4) is 0 Å². The van der Waals surface area contributed by atoms with Crippen LogP contribution in [0.1, 0.15) is 6.04 Å². The molecule has 0 aromatic carbocycles. The van der Waals surface area contributed by atoms with Gasteiger partial charge < -0.3 is 9.67 Å². The molecule has 1 rings (SSSR count). The van der Waals surface area contributed by atoms with E-state index in [-0.39, 0.29) is 18.2 Å². The highest BCUT2D eigenvalue weighted by Gasteiger charge is 2.04. The predicted molar refractivity (Wildman–Crippen MR) is 47.0 cm³/mol. The van der Waals surface area contributed by atoms with Gasteiger partial charge in [0.15, 0.2) is 0 Å². The van der Waals surface area contributed by atoms with Crippen molar-refractivity contribution >= 4 is 0 Å². The number of pyridine rings is 1. The molecule has 64 valence electrons. The van der Waals surface area contributed by atoms with E-state index in [0.29, 0.717) is 0 Å². The SMILES string of the molecule is C=C[C@@H](CO)n1ccccc1=O. The molecule has 12 heavy (non-hydrogen) atoms. The Hall–Kier alpha value is -1.35. The van der Waals surface area contributed by atoms with Crippen LogP contribution in [0.2, 0.25) is 0 Å². The number of aliphatic hydroxyl groups is 1. The number of hydrogen-bond acceptors (Lipinski definition) is 2. The van der Waals surface area contributed by atoms with Gasteiger partial charge in [-0.3, -0.25) is 4.79 Å². The van der Waals surface area contributed by atoms with Gasteiger partial charge in [0.1, 0.15) is 0 Å². The summed E-state index contributed by atoms with van der Waals surface area (Å²) in [5.41, 5.74) is -0.128. The molecular formula is C9H11NO2. The second-order valence-corrected chi connectivity index (χ2v) is 2.43. The first-order valence-electron chi connectivity index (χ1n) is 3.70. The molecule has 1 N–H and O–H groups in total. The Morgan fingerprint density at radius 2 is 2.42 bits per heavy atom. The minimum atomic E-state index is -0.321. The Morgan fingerprint density at radius 3 is 2.92 bits per heavy atom. The summed E-state index contributed by atoms with van der Waals surface area (Å²) in [6, 6.07) is 4.54. The van der Waals surface area contributed by atoms with Gasteiger partial charge in [-0.15, -0.1) is 6.58 Å². The molecule has 3 nitrogen and oxygen atoms in total. The first-order valence-corrected chi connectivity index (χ1v) is 3.70. The zero-order valence-corrected chi connectivity index (χ0v) is 6.68. The highest BCUT2D eigenvalue weighted by atomic mass is 16.3. The first-order chi connectivity index (χ1) is 5.79. The average molecular weight is 165 g/mol. The van der Waals surface area contributed by atoms with Crippen molar-refractivity contribution in [1.82, 2.24) is 4.57 Å². The van der Waals surface area contributed by atoms with Crippen LogP contribution >= 0.6 is 0 Å². The molecule has 0 radical (unpaired) electrons. The summed E-state index contributed by atoms with van der Waals surface area (Å²) in [7, 11) is 0. The summed E-state index contributed by atoms with van der Waals surface area (Å²) in [6.45, 7) is 3.43. The van der Waals surface area contributed by atoms with Crippen molar-refractivity contribution in [3.63, 3.8) is 0 Å². The lowest BCUT2D eigenvalue weighted by Crippen LogP contribution is -2.23. The standard InChI is InChI=1S/C9H11NO2/c1-2-8(7-11)10-6-4-3-5-9(10)12/h2-6,8,11H,1,7H2/t8-/m0/s1. The van der Waals surface area contributed by atoms with E-state index in [0.717, 1.165) is 0 Å². The van der Waals surface area contributed by atoms with Gasteiger partial charge in [0.05, 0.1) is 12.6 Å². The number of aliphatic hydroxyl groups excluding tert-OH is 1. The van der Waals surface area contributed by atoms with Crippen LogP contribution in [0, 0.1) is 0 Å². The van der Waals surface area contributed by atoms with E-state index in [4.69, 9.17) is 5.11 Å². The van der Waals surface area contributed by atoms with Gasteiger partial charge in [0.25, 0.3) is 5.56 Å². The van der Waals surface area contributed by atoms with Crippen molar-refractivity contribution in [1.29, 1.82) is 0 Å². The normalized spacial score (nSPS) is 12.4. The third-order valence-corrected chi connectivity index (χ3v) is 1.67. The maximum Gasteiger partial charge on any atom is 0.251 e. The molecule has 0 aliphatic carbocycles. The number of hydrogen-bond donors (Lipinski definition) is 1. The molecule has 0 spiro atoms. The van der Waals surface area contributed by atoms with E-state index in [1.54, 1.807) is 24.4 Å². The van der Waals surface area contributed by atoms with Crippen LogP contribution in [0.5, 0.6) is 0 Å². The van der Waals surface area contributed by atoms with Gasteiger partial charge in [0, 0.05) is 12.3 Å². The van der Waals surface area contributed by atoms with Gasteiger partial charge in [0.2, 0.25) is 0 Å². The quantitative estimate of drug-likeness (QED) is 0.665. The summed E-state index contributed by atoms with van der Waals surface area (Å²) >= 11 is 0. The van der Waals surface area contributed by atoms with Crippen molar-refractivity contribution in [2.24, 2.45) is 0 Å². The molecule has 0 saturated heterocycles. The maximum atomic E-state index is 11.2. The molecular weight excluding hydrogens is 154 g/mol. The minimum absolute atomic E-state index is 0.104. The molecule has 0 aliphatic heterocycles. The first kappa shape index (κ1) is 8.74. The molecule has 1 aromatic rings. The van der Waals surface area contributed by atoms with E-state index in [9.17, 15) is 4.79 Å². The monoisotopic (exact) mass is 165 g/mol. The van der Waals surface area contributed by atoms with Gasteiger partial charge >= 0.3 is 0 Å². The summed E-state index contributed by atoms with van der Waals surface area (Å²) in [5.74, 6) is 0. The lowest BCUT2D eigenvalue weighted by Gasteiger charge is -2.11. The lowest BCUT2D eigenvalue weighted by atomic mass is 10.3. The van der Waals surface area contributed by atoms with Gasteiger partial charge in [-0.05, 0) is 6.07 Å². The zero-order valence-electron chi connectivity index (χ0n) is 6.68. The fourth-order valence-corrected chi connectivity index (χ4v) is 0.990. The summed E-state index contributed by atoms with van der Waals surface area (Å²) in [4.78, 5) is 11.2. The number of aromatic nitrogens is 1. The third-order valence-electron chi connectivity index (χ3n) is 1.67. The smallest absolute Gasteiger partial charge is 0.251 e. The lowest BCUT2D eigenvalue weighted by molar-refractivity contribution is 0.251. The van der Waals surface area contributed by atoms with E-state index >= 15 is 0 Å². The van der Waals surface area contributed by atoms with Crippen molar-refractivity contribution in [3.05, 3.63) is 47.4 Å². The molecule has 0 saturated carbocycles. The van der Waals surface area contributed by atoms with Crippen molar-refractivity contribution in [2.45, 2.75) is 6.04 Å². The second-order valence-electron chi connectivity index (χ2n) is 2.43. The molecule has 1 heterocycles. The fourth-order valence-electron chi connectivity index (χ4n) is 0.990. The van der Waals surface area contributed by atoms with E-state index in [1.807, 2.05) is 0 Å². The van der Waals surface area contributed by atoms with Gasteiger partial charge in [-0.25, -0.2) is 0 Å². The Kier molecular flexibility index (Phi) is 2.82. The summed E-state index contributed by atoms with van der Waals surface area (Å²) in [6.07, 6.45) is 3.17. The van der Waals surface area contributed by atoms with Gasteiger partial charge in [-0.1, -0.05) is 12.1 Å². The summed E-state index contributed by atoms with van der Waals surface area (Å²) < 4.78 is 1.44. The van der Waals surface area contributed by atoms with Crippen LogP contribution in [-0.2, 0) is 0 Å².